The summed E-state index contributed by atoms with van der Waals surface area (Å²) in [7, 11) is 0. The van der Waals surface area contributed by atoms with Crippen molar-refractivity contribution < 1.29 is 9.59 Å². The van der Waals surface area contributed by atoms with E-state index in [9.17, 15) is 9.59 Å². The van der Waals surface area contributed by atoms with Crippen molar-refractivity contribution in [2.45, 2.75) is 19.9 Å². The largest absolute Gasteiger partial charge is 0.350 e. The predicted molar refractivity (Wildman–Crippen MR) is 87.7 cm³/mol. The molecule has 0 unspecified atom stereocenters. The molecule has 1 aromatic carbocycles. The number of nitrogens with zero attached hydrogens (tertiary/aromatic N) is 2. The van der Waals surface area contributed by atoms with E-state index in [4.69, 9.17) is 0 Å². The molecule has 118 valence electrons. The van der Waals surface area contributed by atoms with Crippen LogP contribution in [0, 0.1) is 12.8 Å². The van der Waals surface area contributed by atoms with E-state index in [1.54, 1.807) is 11.1 Å². The van der Waals surface area contributed by atoms with Crippen LogP contribution in [0.15, 0.2) is 48.7 Å². The quantitative estimate of drug-likeness (QED) is 0.940. The fraction of sp³-hybridized carbons (Fsp3) is 0.278. The third-order valence-corrected chi connectivity index (χ3v) is 3.98. The van der Waals surface area contributed by atoms with Crippen molar-refractivity contribution >= 4 is 17.5 Å². The fourth-order valence-corrected chi connectivity index (χ4v) is 2.75. The smallest absolute Gasteiger partial charge is 0.227 e. The van der Waals surface area contributed by atoms with E-state index in [1.165, 1.54) is 0 Å². The standard InChI is InChI=1S/C18H19N3O2/c1-13-5-4-7-16(9-13)21-12-14(10-17(21)22)18(23)20-11-15-6-2-3-8-19-15/h2-9,14H,10-12H2,1H3,(H,20,23)/t14-/m0/s1. The van der Waals surface area contributed by atoms with Gasteiger partial charge in [0, 0.05) is 24.8 Å². The van der Waals surface area contributed by atoms with Crippen LogP contribution in [-0.4, -0.2) is 23.3 Å². The predicted octanol–water partition coefficient (Wildman–Crippen LogP) is 2.06. The minimum Gasteiger partial charge on any atom is -0.350 e. The van der Waals surface area contributed by atoms with Crippen molar-refractivity contribution in [1.82, 2.24) is 10.3 Å². The lowest BCUT2D eigenvalue weighted by Crippen LogP contribution is -2.32. The SMILES string of the molecule is Cc1cccc(N2C[C@@H](C(=O)NCc3ccccn3)CC2=O)c1. The van der Waals surface area contributed by atoms with Gasteiger partial charge in [0.15, 0.2) is 0 Å². The van der Waals surface area contributed by atoms with Crippen LogP contribution in [0.5, 0.6) is 0 Å². The molecule has 0 aliphatic carbocycles. The molecule has 2 heterocycles. The summed E-state index contributed by atoms with van der Waals surface area (Å²) in [6, 6.07) is 13.4. The summed E-state index contributed by atoms with van der Waals surface area (Å²) in [4.78, 5) is 30.4. The summed E-state index contributed by atoms with van der Waals surface area (Å²) >= 11 is 0. The summed E-state index contributed by atoms with van der Waals surface area (Å²) < 4.78 is 0. The highest BCUT2D eigenvalue weighted by Gasteiger charge is 2.34. The Morgan fingerprint density at radius 3 is 2.91 bits per heavy atom. The molecule has 0 radical (unpaired) electrons. The Bertz CT molecular complexity index is 715. The summed E-state index contributed by atoms with van der Waals surface area (Å²) in [5.41, 5.74) is 2.76. The number of nitrogens with one attached hydrogen (secondary N) is 1. The highest BCUT2D eigenvalue weighted by molar-refractivity contribution is 6.00. The van der Waals surface area contributed by atoms with Gasteiger partial charge in [-0.3, -0.25) is 14.6 Å². The Balaban J connectivity index is 1.62. The highest BCUT2D eigenvalue weighted by atomic mass is 16.2. The van der Waals surface area contributed by atoms with Crippen molar-refractivity contribution in [3.63, 3.8) is 0 Å². The second-order valence-corrected chi connectivity index (χ2v) is 5.78. The molecule has 1 N–H and O–H groups in total. The first-order valence-electron chi connectivity index (χ1n) is 7.68. The summed E-state index contributed by atoms with van der Waals surface area (Å²) in [6.07, 6.45) is 1.95. The van der Waals surface area contributed by atoms with Gasteiger partial charge in [-0.2, -0.15) is 0 Å². The van der Waals surface area contributed by atoms with Gasteiger partial charge in [-0.25, -0.2) is 0 Å². The maximum atomic E-state index is 12.3. The van der Waals surface area contributed by atoms with Gasteiger partial charge in [-0.15, -0.1) is 0 Å². The van der Waals surface area contributed by atoms with E-state index in [0.29, 0.717) is 13.1 Å². The van der Waals surface area contributed by atoms with Crippen molar-refractivity contribution in [2.75, 3.05) is 11.4 Å². The zero-order valence-electron chi connectivity index (χ0n) is 13.0. The zero-order valence-corrected chi connectivity index (χ0v) is 13.0. The molecule has 1 aliphatic rings. The third kappa shape index (κ3) is 3.56. The van der Waals surface area contributed by atoms with E-state index < -0.39 is 0 Å². The average molecular weight is 309 g/mol. The first-order chi connectivity index (χ1) is 11.1. The minimum atomic E-state index is -0.313. The second kappa shape index (κ2) is 6.60. The molecule has 0 bridgehead atoms. The normalized spacial score (nSPS) is 17.3. The van der Waals surface area contributed by atoms with E-state index in [0.717, 1.165) is 16.9 Å². The van der Waals surface area contributed by atoms with Crippen molar-refractivity contribution in [2.24, 2.45) is 5.92 Å². The number of pyridine rings is 1. The van der Waals surface area contributed by atoms with Crippen molar-refractivity contribution in [3.8, 4) is 0 Å². The number of hydrogen-bond acceptors (Lipinski definition) is 3. The minimum absolute atomic E-state index is 0.00594. The zero-order chi connectivity index (χ0) is 16.2. The lowest BCUT2D eigenvalue weighted by molar-refractivity contribution is -0.126. The highest BCUT2D eigenvalue weighted by Crippen LogP contribution is 2.25. The van der Waals surface area contributed by atoms with Crippen LogP contribution in [0.4, 0.5) is 5.69 Å². The second-order valence-electron chi connectivity index (χ2n) is 5.78. The van der Waals surface area contributed by atoms with Gasteiger partial charge in [0.05, 0.1) is 18.2 Å². The van der Waals surface area contributed by atoms with Crippen LogP contribution in [0.25, 0.3) is 0 Å². The van der Waals surface area contributed by atoms with Crippen LogP contribution in [0.2, 0.25) is 0 Å². The van der Waals surface area contributed by atoms with E-state index in [2.05, 4.69) is 10.3 Å². The number of carbonyl (C=O) groups is 2. The van der Waals surface area contributed by atoms with Crippen LogP contribution in [0.1, 0.15) is 17.7 Å². The Kier molecular flexibility index (Phi) is 4.37. The molecule has 23 heavy (non-hydrogen) atoms. The number of aromatic nitrogens is 1. The first-order valence-corrected chi connectivity index (χ1v) is 7.68. The molecule has 5 nitrogen and oxygen atoms in total. The van der Waals surface area contributed by atoms with E-state index >= 15 is 0 Å². The van der Waals surface area contributed by atoms with Crippen LogP contribution < -0.4 is 10.2 Å². The molecule has 1 aromatic heterocycles. The van der Waals surface area contributed by atoms with Crippen LogP contribution in [0.3, 0.4) is 0 Å². The fourth-order valence-electron chi connectivity index (χ4n) is 2.75. The molecular weight excluding hydrogens is 290 g/mol. The molecule has 0 spiro atoms. The average Bonchev–Trinajstić information content (AvgIpc) is 2.95. The number of amides is 2. The van der Waals surface area contributed by atoms with Crippen LogP contribution >= 0.6 is 0 Å². The Labute approximate surface area is 135 Å². The molecule has 2 amide bonds. The molecular formula is C18H19N3O2. The number of carbonyl (C=O) groups excluding carboxylic acids is 2. The molecule has 1 fully saturated rings. The van der Waals surface area contributed by atoms with Gasteiger partial charge in [0.2, 0.25) is 11.8 Å². The van der Waals surface area contributed by atoms with Crippen molar-refractivity contribution in [1.29, 1.82) is 0 Å². The Morgan fingerprint density at radius 2 is 2.17 bits per heavy atom. The van der Waals surface area contributed by atoms with Gasteiger partial charge < -0.3 is 10.2 Å². The summed E-state index contributed by atoms with van der Waals surface area (Å²) in [5.74, 6) is -0.417. The number of hydrogen-bond donors (Lipinski definition) is 1. The summed E-state index contributed by atoms with van der Waals surface area (Å²) in [5, 5.41) is 2.86. The van der Waals surface area contributed by atoms with Gasteiger partial charge in [-0.1, -0.05) is 18.2 Å². The molecule has 2 aromatic rings. The van der Waals surface area contributed by atoms with Gasteiger partial charge in [-0.05, 0) is 36.8 Å². The topological polar surface area (TPSA) is 62.3 Å². The number of benzene rings is 1. The van der Waals surface area contributed by atoms with E-state index in [1.807, 2.05) is 49.4 Å². The molecule has 1 aliphatic heterocycles. The summed E-state index contributed by atoms with van der Waals surface area (Å²) in [6.45, 7) is 2.80. The molecule has 3 rings (SSSR count). The van der Waals surface area contributed by atoms with Gasteiger partial charge >= 0.3 is 0 Å². The molecule has 1 saturated heterocycles. The molecule has 0 saturated carbocycles. The monoisotopic (exact) mass is 309 g/mol. The molecule has 5 heteroatoms. The maximum absolute atomic E-state index is 12.3. The lowest BCUT2D eigenvalue weighted by atomic mass is 10.1. The Morgan fingerprint density at radius 1 is 1.30 bits per heavy atom. The Hall–Kier alpha value is -2.69. The van der Waals surface area contributed by atoms with Crippen molar-refractivity contribution in [3.05, 3.63) is 59.9 Å². The number of anilines is 1. The number of aryl methyl sites for hydroxylation is 1. The van der Waals surface area contributed by atoms with Gasteiger partial charge in [0.1, 0.15) is 0 Å². The van der Waals surface area contributed by atoms with E-state index in [-0.39, 0.29) is 24.2 Å². The van der Waals surface area contributed by atoms with Gasteiger partial charge in [0.25, 0.3) is 0 Å². The maximum Gasteiger partial charge on any atom is 0.227 e. The lowest BCUT2D eigenvalue weighted by Gasteiger charge is -2.17. The van der Waals surface area contributed by atoms with Crippen LogP contribution in [-0.2, 0) is 16.1 Å². The molecule has 1 atom stereocenters. The third-order valence-electron chi connectivity index (χ3n) is 3.98. The first kappa shape index (κ1) is 15.2. The number of rotatable bonds is 4.